The van der Waals surface area contributed by atoms with E-state index >= 15 is 0 Å². The number of carbonyl (C=O) groups is 1. The third-order valence-electron chi connectivity index (χ3n) is 4.72. The predicted octanol–water partition coefficient (Wildman–Crippen LogP) is 4.73. The van der Waals surface area contributed by atoms with Crippen LogP contribution in [0.25, 0.3) is 0 Å². The Bertz CT molecular complexity index is 629. The molecule has 146 valence electrons. The molecule has 2 aliphatic rings. The van der Waals surface area contributed by atoms with Crippen molar-refractivity contribution in [1.82, 2.24) is 4.90 Å². The SMILES string of the molecule is CC.CC1Cc2c(C3CCN(C(=O)OC(C)(C)C)CC3)ccc(N)c2O1. The molecule has 26 heavy (non-hydrogen) atoms. The first kappa shape index (κ1) is 20.4. The van der Waals surface area contributed by atoms with E-state index in [-0.39, 0.29) is 12.2 Å². The van der Waals surface area contributed by atoms with E-state index in [1.165, 1.54) is 11.1 Å². The molecule has 2 aliphatic heterocycles. The molecular formula is C21H34N2O3. The van der Waals surface area contributed by atoms with Crippen molar-refractivity contribution >= 4 is 11.8 Å². The van der Waals surface area contributed by atoms with E-state index in [0.29, 0.717) is 5.92 Å². The Kier molecular flexibility index (Phi) is 6.43. The molecule has 0 spiro atoms. The van der Waals surface area contributed by atoms with Gasteiger partial charge in [0.25, 0.3) is 0 Å². The average Bonchev–Trinajstić information content (AvgIpc) is 2.98. The fourth-order valence-corrected chi connectivity index (χ4v) is 3.62. The van der Waals surface area contributed by atoms with Crippen molar-refractivity contribution in [2.45, 2.75) is 78.4 Å². The largest absolute Gasteiger partial charge is 0.488 e. The van der Waals surface area contributed by atoms with Crippen molar-refractivity contribution in [3.05, 3.63) is 23.3 Å². The summed E-state index contributed by atoms with van der Waals surface area (Å²) >= 11 is 0. The standard InChI is InChI=1S/C19H28N2O3.C2H6/c1-12-11-15-14(5-6-16(20)17(15)23-12)13-7-9-21(10-8-13)18(22)24-19(2,3)4;1-2/h5-6,12-13H,7-11,20H2,1-4H3;1-2H3. The van der Waals surface area contributed by atoms with Crippen LogP contribution < -0.4 is 10.5 Å². The molecule has 0 bridgehead atoms. The molecule has 0 radical (unpaired) electrons. The molecule has 0 aliphatic carbocycles. The minimum absolute atomic E-state index is 0.185. The van der Waals surface area contributed by atoms with Gasteiger partial charge in [-0.1, -0.05) is 19.9 Å². The van der Waals surface area contributed by atoms with E-state index in [1.54, 1.807) is 0 Å². The van der Waals surface area contributed by atoms with Gasteiger partial charge in [-0.3, -0.25) is 0 Å². The van der Waals surface area contributed by atoms with Crippen LogP contribution in [0.15, 0.2) is 12.1 Å². The highest BCUT2D eigenvalue weighted by Gasteiger charge is 2.31. The van der Waals surface area contributed by atoms with Gasteiger partial charge in [0.05, 0.1) is 5.69 Å². The Balaban J connectivity index is 0.00000117. The zero-order valence-electron chi connectivity index (χ0n) is 17.1. The Morgan fingerprint density at radius 2 is 1.85 bits per heavy atom. The van der Waals surface area contributed by atoms with Crippen LogP contribution in [-0.2, 0) is 11.2 Å². The highest BCUT2D eigenvalue weighted by molar-refractivity contribution is 5.68. The lowest BCUT2D eigenvalue weighted by molar-refractivity contribution is 0.0204. The first-order valence-electron chi connectivity index (χ1n) is 9.80. The topological polar surface area (TPSA) is 64.8 Å². The van der Waals surface area contributed by atoms with Crippen LogP contribution in [-0.4, -0.2) is 35.8 Å². The van der Waals surface area contributed by atoms with Crippen molar-refractivity contribution in [2.75, 3.05) is 18.8 Å². The summed E-state index contributed by atoms with van der Waals surface area (Å²) in [7, 11) is 0. The lowest BCUT2D eigenvalue weighted by Gasteiger charge is -2.34. The molecular weight excluding hydrogens is 328 g/mol. The van der Waals surface area contributed by atoms with Crippen LogP contribution in [0.1, 0.15) is 71.4 Å². The summed E-state index contributed by atoms with van der Waals surface area (Å²) in [5.41, 5.74) is 8.94. The minimum atomic E-state index is -0.445. The summed E-state index contributed by atoms with van der Waals surface area (Å²) in [6, 6.07) is 4.09. The molecule has 3 rings (SSSR count). The molecule has 1 saturated heterocycles. The number of likely N-dealkylation sites (tertiary alicyclic amines) is 1. The molecule has 0 saturated carbocycles. The van der Waals surface area contributed by atoms with E-state index in [0.717, 1.165) is 43.8 Å². The van der Waals surface area contributed by atoms with E-state index in [2.05, 4.69) is 13.0 Å². The molecule has 2 N–H and O–H groups in total. The van der Waals surface area contributed by atoms with Gasteiger partial charge in [0.2, 0.25) is 0 Å². The maximum Gasteiger partial charge on any atom is 0.410 e. The zero-order valence-corrected chi connectivity index (χ0v) is 17.1. The quantitative estimate of drug-likeness (QED) is 0.733. The Morgan fingerprint density at radius 1 is 1.23 bits per heavy atom. The smallest absolute Gasteiger partial charge is 0.410 e. The highest BCUT2D eigenvalue weighted by atomic mass is 16.6. The fourth-order valence-electron chi connectivity index (χ4n) is 3.62. The number of hydrogen-bond acceptors (Lipinski definition) is 4. The summed E-state index contributed by atoms with van der Waals surface area (Å²) < 4.78 is 11.3. The zero-order chi connectivity index (χ0) is 19.5. The Morgan fingerprint density at radius 3 is 2.42 bits per heavy atom. The van der Waals surface area contributed by atoms with Gasteiger partial charge in [-0.15, -0.1) is 0 Å². The molecule has 1 amide bonds. The number of nitrogens with two attached hydrogens (primary N) is 1. The number of nitrogen functional groups attached to an aromatic ring is 1. The van der Waals surface area contributed by atoms with Crippen LogP contribution in [0.5, 0.6) is 5.75 Å². The first-order valence-corrected chi connectivity index (χ1v) is 9.80. The van der Waals surface area contributed by atoms with Crippen LogP contribution in [0.2, 0.25) is 0 Å². The van der Waals surface area contributed by atoms with E-state index in [9.17, 15) is 4.79 Å². The molecule has 1 aromatic carbocycles. The molecule has 1 unspecified atom stereocenters. The van der Waals surface area contributed by atoms with Gasteiger partial charge in [0.15, 0.2) is 0 Å². The number of rotatable bonds is 1. The lowest BCUT2D eigenvalue weighted by atomic mass is 9.85. The lowest BCUT2D eigenvalue weighted by Crippen LogP contribution is -2.41. The Labute approximate surface area is 157 Å². The third-order valence-corrected chi connectivity index (χ3v) is 4.72. The second kappa shape index (κ2) is 8.19. The summed E-state index contributed by atoms with van der Waals surface area (Å²) in [6.07, 6.45) is 2.79. The normalized spacial score (nSPS) is 19.9. The van der Waals surface area contributed by atoms with Gasteiger partial charge in [0.1, 0.15) is 17.5 Å². The van der Waals surface area contributed by atoms with Crippen molar-refractivity contribution < 1.29 is 14.3 Å². The molecule has 1 aromatic rings. The number of carbonyl (C=O) groups excluding carboxylic acids is 1. The van der Waals surface area contributed by atoms with E-state index in [4.69, 9.17) is 15.2 Å². The molecule has 1 atom stereocenters. The van der Waals surface area contributed by atoms with Gasteiger partial charge >= 0.3 is 6.09 Å². The summed E-state index contributed by atoms with van der Waals surface area (Å²) in [5.74, 6) is 1.32. The molecule has 2 heterocycles. The molecule has 1 fully saturated rings. The highest BCUT2D eigenvalue weighted by Crippen LogP contribution is 2.42. The number of piperidine rings is 1. The Hall–Kier alpha value is -1.91. The van der Waals surface area contributed by atoms with Gasteiger partial charge in [0, 0.05) is 25.1 Å². The summed E-state index contributed by atoms with van der Waals surface area (Å²) in [4.78, 5) is 14.0. The molecule has 5 heteroatoms. The first-order chi connectivity index (χ1) is 12.2. The summed E-state index contributed by atoms with van der Waals surface area (Å²) in [5, 5.41) is 0. The maximum atomic E-state index is 12.2. The van der Waals surface area contributed by atoms with E-state index in [1.807, 2.05) is 45.6 Å². The number of hydrogen-bond donors (Lipinski definition) is 1. The van der Waals surface area contributed by atoms with Crippen molar-refractivity contribution in [3.63, 3.8) is 0 Å². The number of anilines is 1. The minimum Gasteiger partial charge on any atom is -0.488 e. The molecule has 0 aromatic heterocycles. The fraction of sp³-hybridized carbons (Fsp3) is 0.667. The van der Waals surface area contributed by atoms with Crippen LogP contribution >= 0.6 is 0 Å². The number of ether oxygens (including phenoxy) is 2. The van der Waals surface area contributed by atoms with Gasteiger partial charge < -0.3 is 20.1 Å². The number of amides is 1. The summed E-state index contributed by atoms with van der Waals surface area (Å²) in [6.45, 7) is 13.2. The van der Waals surface area contributed by atoms with E-state index < -0.39 is 5.60 Å². The third kappa shape index (κ3) is 4.63. The van der Waals surface area contributed by atoms with Gasteiger partial charge in [-0.05, 0) is 58.1 Å². The van der Waals surface area contributed by atoms with Crippen molar-refractivity contribution in [3.8, 4) is 5.75 Å². The van der Waals surface area contributed by atoms with Crippen LogP contribution in [0, 0.1) is 0 Å². The van der Waals surface area contributed by atoms with Crippen LogP contribution in [0.4, 0.5) is 10.5 Å². The van der Waals surface area contributed by atoms with Gasteiger partial charge in [-0.2, -0.15) is 0 Å². The second-order valence-electron chi connectivity index (χ2n) is 7.93. The van der Waals surface area contributed by atoms with Crippen molar-refractivity contribution in [2.24, 2.45) is 0 Å². The second-order valence-corrected chi connectivity index (χ2v) is 7.93. The maximum absolute atomic E-state index is 12.2. The number of fused-ring (bicyclic) bond motifs is 1. The molecule has 5 nitrogen and oxygen atoms in total. The monoisotopic (exact) mass is 362 g/mol. The number of nitrogens with zero attached hydrogens (tertiary/aromatic N) is 1. The van der Waals surface area contributed by atoms with Gasteiger partial charge in [-0.25, -0.2) is 4.79 Å². The van der Waals surface area contributed by atoms with Crippen molar-refractivity contribution in [1.29, 1.82) is 0 Å². The predicted molar refractivity (Wildman–Crippen MR) is 106 cm³/mol. The number of benzene rings is 1. The van der Waals surface area contributed by atoms with Crippen LogP contribution in [0.3, 0.4) is 0 Å². The average molecular weight is 363 g/mol.